The third-order valence-electron chi connectivity index (χ3n) is 6.61. The Kier molecular flexibility index (Phi) is 5.57. The van der Waals surface area contributed by atoms with Crippen molar-refractivity contribution in [1.29, 1.82) is 0 Å². The van der Waals surface area contributed by atoms with Gasteiger partial charge in [0.15, 0.2) is 0 Å². The maximum atomic E-state index is 12.9. The molecule has 3 atom stereocenters. The molecule has 0 spiro atoms. The van der Waals surface area contributed by atoms with Crippen molar-refractivity contribution in [1.82, 2.24) is 9.78 Å². The van der Waals surface area contributed by atoms with Gasteiger partial charge in [0.2, 0.25) is 5.88 Å². The number of hydrogen-bond acceptors (Lipinski definition) is 4. The third kappa shape index (κ3) is 4.34. The highest BCUT2D eigenvalue weighted by Crippen LogP contribution is 2.40. The molecule has 0 aliphatic heterocycles. The highest BCUT2D eigenvalue weighted by Gasteiger charge is 2.37. The van der Waals surface area contributed by atoms with E-state index < -0.39 is 17.4 Å². The number of nitrogens with zero attached hydrogens (tertiary/aromatic N) is 2. The first-order chi connectivity index (χ1) is 14.2. The van der Waals surface area contributed by atoms with Gasteiger partial charge < -0.3 is 15.6 Å². The van der Waals surface area contributed by atoms with Gasteiger partial charge in [0, 0.05) is 18.7 Å². The fraction of sp³-hybridized carbons (Fsp3) is 0.591. The fourth-order valence-electron chi connectivity index (χ4n) is 4.81. The van der Waals surface area contributed by atoms with Gasteiger partial charge in [-0.15, -0.1) is 5.10 Å². The number of fused-ring (bicyclic) bond motifs is 1. The molecular formula is C22H28F3N3O2. The van der Waals surface area contributed by atoms with Crippen LogP contribution in [0.15, 0.2) is 24.3 Å². The van der Waals surface area contributed by atoms with E-state index in [1.165, 1.54) is 23.7 Å². The lowest BCUT2D eigenvalue weighted by molar-refractivity contribution is -0.143. The largest absolute Gasteiger partial charge is 0.476 e. The Hall–Kier alpha value is -2.06. The molecule has 2 aliphatic carbocycles. The normalized spacial score (nSPS) is 26.6. The van der Waals surface area contributed by atoms with E-state index in [0.29, 0.717) is 12.5 Å². The average Bonchev–Trinajstić information content (AvgIpc) is 3.29. The number of alkyl halides is 3. The molecule has 4 rings (SSSR count). The third-order valence-corrected chi connectivity index (χ3v) is 6.61. The molecule has 0 unspecified atom stereocenters. The summed E-state index contributed by atoms with van der Waals surface area (Å²) >= 11 is 0. The van der Waals surface area contributed by atoms with Crippen LogP contribution in [0.5, 0.6) is 5.88 Å². The zero-order chi connectivity index (χ0) is 21.5. The average molecular weight is 423 g/mol. The van der Waals surface area contributed by atoms with Crippen molar-refractivity contribution in [3.63, 3.8) is 0 Å². The summed E-state index contributed by atoms with van der Waals surface area (Å²) in [4.78, 5) is 0. The summed E-state index contributed by atoms with van der Waals surface area (Å²) in [7, 11) is 1.27. The van der Waals surface area contributed by atoms with E-state index in [4.69, 9.17) is 10.5 Å². The van der Waals surface area contributed by atoms with Gasteiger partial charge in [-0.1, -0.05) is 18.2 Å². The molecule has 0 amide bonds. The monoisotopic (exact) mass is 423 g/mol. The Balaban J connectivity index is 1.37. The van der Waals surface area contributed by atoms with E-state index in [-0.39, 0.29) is 18.4 Å². The lowest BCUT2D eigenvalue weighted by Crippen LogP contribution is -2.40. The number of aromatic nitrogens is 2. The second-order valence-corrected chi connectivity index (χ2v) is 8.90. The molecular weight excluding hydrogens is 395 g/mol. The predicted molar refractivity (Wildman–Crippen MR) is 106 cm³/mol. The number of aliphatic hydroxyl groups excluding tert-OH is 1. The standard InChI is InChI=1S/C22H28F3N3O2/c1-28-19(22(23,24)25)10-20(27-28)30-12-14-2-3-16-9-17(5-4-15(16)8-14)18-6-7-21(26,11-18)13-29/h4-5,9-10,14,18,29H,2-3,6-8,11-13,26H2,1H3/t14-,18+,21-/m1/s1. The van der Waals surface area contributed by atoms with Gasteiger partial charge in [0.05, 0.1) is 13.2 Å². The fourth-order valence-corrected chi connectivity index (χ4v) is 4.81. The van der Waals surface area contributed by atoms with Gasteiger partial charge in [-0.05, 0) is 67.1 Å². The highest BCUT2D eigenvalue weighted by atomic mass is 19.4. The first-order valence-electron chi connectivity index (χ1n) is 10.4. The molecule has 2 aliphatic rings. The quantitative estimate of drug-likeness (QED) is 0.771. The molecule has 3 N–H and O–H groups in total. The summed E-state index contributed by atoms with van der Waals surface area (Å²) in [6, 6.07) is 7.54. The first-order valence-corrected chi connectivity index (χ1v) is 10.4. The lowest BCUT2D eigenvalue weighted by atomic mass is 9.82. The van der Waals surface area contributed by atoms with Crippen LogP contribution in [0.4, 0.5) is 13.2 Å². The van der Waals surface area contributed by atoms with E-state index >= 15 is 0 Å². The van der Waals surface area contributed by atoms with Gasteiger partial charge >= 0.3 is 6.18 Å². The number of aryl methyl sites for hydroxylation is 2. The zero-order valence-electron chi connectivity index (χ0n) is 17.1. The van der Waals surface area contributed by atoms with Gasteiger partial charge in [0.1, 0.15) is 5.69 Å². The minimum atomic E-state index is -4.44. The Labute approximate surface area is 174 Å². The van der Waals surface area contributed by atoms with Gasteiger partial charge in [-0.2, -0.15) is 13.2 Å². The molecule has 0 radical (unpaired) electrons. The van der Waals surface area contributed by atoms with Crippen LogP contribution in [-0.2, 0) is 26.1 Å². The molecule has 1 fully saturated rings. The van der Waals surface area contributed by atoms with Crippen molar-refractivity contribution in [2.24, 2.45) is 18.7 Å². The maximum Gasteiger partial charge on any atom is 0.433 e. The molecule has 1 aromatic heterocycles. The maximum absolute atomic E-state index is 12.9. The summed E-state index contributed by atoms with van der Waals surface area (Å²) in [6.07, 6.45) is 0.903. The van der Waals surface area contributed by atoms with Crippen molar-refractivity contribution in [2.45, 2.75) is 56.2 Å². The minimum Gasteiger partial charge on any atom is -0.476 e. The molecule has 0 saturated heterocycles. The van der Waals surface area contributed by atoms with Crippen molar-refractivity contribution in [3.05, 3.63) is 46.6 Å². The molecule has 1 saturated carbocycles. The van der Waals surface area contributed by atoms with Crippen LogP contribution in [0.1, 0.15) is 54.0 Å². The zero-order valence-corrected chi connectivity index (χ0v) is 17.1. The van der Waals surface area contributed by atoms with E-state index in [1.54, 1.807) is 0 Å². The predicted octanol–water partition coefficient (Wildman–Crippen LogP) is 3.58. The van der Waals surface area contributed by atoms with E-state index in [0.717, 1.165) is 49.3 Å². The van der Waals surface area contributed by atoms with Crippen LogP contribution in [0, 0.1) is 5.92 Å². The van der Waals surface area contributed by atoms with Crippen molar-refractivity contribution in [2.75, 3.05) is 13.2 Å². The second kappa shape index (κ2) is 7.89. The summed E-state index contributed by atoms with van der Waals surface area (Å²) in [6.45, 7) is 0.376. The minimum absolute atomic E-state index is 0.0151. The molecule has 1 aromatic carbocycles. The van der Waals surface area contributed by atoms with E-state index in [1.807, 2.05) is 0 Å². The lowest BCUT2D eigenvalue weighted by Gasteiger charge is -2.26. The van der Waals surface area contributed by atoms with Crippen LogP contribution < -0.4 is 10.5 Å². The smallest absolute Gasteiger partial charge is 0.433 e. The number of halogens is 3. The Morgan fingerprint density at radius 1 is 1.27 bits per heavy atom. The molecule has 2 aromatic rings. The highest BCUT2D eigenvalue weighted by molar-refractivity contribution is 5.36. The van der Waals surface area contributed by atoms with Crippen LogP contribution in [0.2, 0.25) is 0 Å². The first kappa shape index (κ1) is 21.2. The molecule has 164 valence electrons. The number of aliphatic hydroxyl groups is 1. The SMILES string of the molecule is Cn1nc(OC[C@@H]2CCc3cc([C@H]4CC[C@](N)(CO)C4)ccc3C2)cc1C(F)(F)F. The number of ether oxygens (including phenoxy) is 1. The topological polar surface area (TPSA) is 73.3 Å². The Morgan fingerprint density at radius 2 is 2.07 bits per heavy atom. The van der Waals surface area contributed by atoms with Crippen molar-refractivity contribution in [3.8, 4) is 5.88 Å². The van der Waals surface area contributed by atoms with E-state index in [2.05, 4.69) is 23.3 Å². The number of nitrogens with two attached hydrogens (primary N) is 1. The Bertz CT molecular complexity index is 912. The van der Waals surface area contributed by atoms with Crippen LogP contribution in [0.3, 0.4) is 0 Å². The summed E-state index contributed by atoms with van der Waals surface area (Å²) in [5.74, 6) is 0.652. The summed E-state index contributed by atoms with van der Waals surface area (Å²) in [5, 5.41) is 13.3. The molecule has 30 heavy (non-hydrogen) atoms. The summed E-state index contributed by atoms with van der Waals surface area (Å²) < 4.78 is 45.1. The van der Waals surface area contributed by atoms with Crippen LogP contribution >= 0.6 is 0 Å². The van der Waals surface area contributed by atoms with Crippen molar-refractivity contribution < 1.29 is 23.0 Å². The Morgan fingerprint density at radius 3 is 2.73 bits per heavy atom. The molecule has 5 nitrogen and oxygen atoms in total. The van der Waals surface area contributed by atoms with Crippen LogP contribution in [-0.4, -0.2) is 33.6 Å². The van der Waals surface area contributed by atoms with Gasteiger partial charge in [-0.25, -0.2) is 0 Å². The second-order valence-electron chi connectivity index (χ2n) is 8.90. The van der Waals surface area contributed by atoms with Gasteiger partial charge in [0.25, 0.3) is 0 Å². The number of benzene rings is 1. The van der Waals surface area contributed by atoms with Crippen molar-refractivity contribution >= 4 is 0 Å². The van der Waals surface area contributed by atoms with Gasteiger partial charge in [-0.3, -0.25) is 4.68 Å². The number of rotatable bonds is 5. The summed E-state index contributed by atoms with van der Waals surface area (Å²) in [5.41, 5.74) is 8.85. The molecule has 8 heteroatoms. The molecule has 1 heterocycles. The molecule has 0 bridgehead atoms. The van der Waals surface area contributed by atoms with Crippen LogP contribution in [0.25, 0.3) is 0 Å². The number of hydrogen-bond donors (Lipinski definition) is 2. The van der Waals surface area contributed by atoms with E-state index in [9.17, 15) is 18.3 Å².